The van der Waals surface area contributed by atoms with Crippen LogP contribution in [-0.4, -0.2) is 32.9 Å². The van der Waals surface area contributed by atoms with Crippen LogP contribution >= 0.6 is 0 Å². The fourth-order valence-electron chi connectivity index (χ4n) is 3.91. The van der Waals surface area contributed by atoms with E-state index in [1.807, 2.05) is 0 Å². The summed E-state index contributed by atoms with van der Waals surface area (Å²) in [4.78, 5) is 26.1. The second-order valence-electron chi connectivity index (χ2n) is 7.14. The highest BCUT2D eigenvalue weighted by molar-refractivity contribution is 5.94. The number of carbonyl (C=O) groups is 2. The third-order valence-corrected chi connectivity index (χ3v) is 5.25. The molecule has 0 radical (unpaired) electrons. The van der Waals surface area contributed by atoms with Crippen LogP contribution in [0.5, 0.6) is 0 Å². The summed E-state index contributed by atoms with van der Waals surface area (Å²) >= 11 is 0. The predicted octanol–water partition coefficient (Wildman–Crippen LogP) is 3.52. The number of aromatic nitrogens is 1. The topological polar surface area (TPSA) is 99.7 Å². The van der Waals surface area contributed by atoms with E-state index in [4.69, 9.17) is 9.26 Å². The fraction of sp³-hybridized carbons (Fsp3) is 0.400. The Kier molecular flexibility index (Phi) is 4.51. The van der Waals surface area contributed by atoms with E-state index in [0.29, 0.717) is 29.7 Å². The maximum atomic E-state index is 13.3. The highest BCUT2D eigenvalue weighted by Gasteiger charge is 2.55. The number of benzene rings is 1. The molecule has 1 aromatic carbocycles. The van der Waals surface area contributed by atoms with E-state index in [1.54, 1.807) is 37.3 Å². The molecule has 28 heavy (non-hydrogen) atoms. The Labute approximate surface area is 162 Å². The number of rotatable bonds is 3. The molecule has 2 aromatic rings. The lowest BCUT2D eigenvalue weighted by Crippen LogP contribution is -2.54. The summed E-state index contributed by atoms with van der Waals surface area (Å²) in [7, 11) is 0. The summed E-state index contributed by atoms with van der Waals surface area (Å²) in [6.45, 7) is 1.76. The summed E-state index contributed by atoms with van der Waals surface area (Å²) in [6, 6.07) is 10.7. The Bertz CT molecular complexity index is 955. The van der Waals surface area contributed by atoms with Crippen molar-refractivity contribution >= 4 is 12.0 Å². The molecule has 0 unspecified atom stereocenters. The van der Waals surface area contributed by atoms with E-state index in [9.17, 15) is 14.9 Å². The second kappa shape index (κ2) is 7.00. The number of hydrogen-bond donors (Lipinski definition) is 0. The van der Waals surface area contributed by atoms with Gasteiger partial charge in [0, 0.05) is 18.9 Å². The van der Waals surface area contributed by atoms with Crippen LogP contribution in [0.2, 0.25) is 0 Å². The number of amides is 2. The van der Waals surface area contributed by atoms with Crippen LogP contribution in [0.15, 0.2) is 34.9 Å². The van der Waals surface area contributed by atoms with Crippen LogP contribution in [0.25, 0.3) is 0 Å². The minimum absolute atomic E-state index is 0.0624. The Morgan fingerprint density at radius 1 is 1.29 bits per heavy atom. The third-order valence-electron chi connectivity index (χ3n) is 5.25. The lowest BCUT2D eigenvalue weighted by molar-refractivity contribution is -0.106. The molecule has 2 aliphatic rings. The highest BCUT2D eigenvalue weighted by Crippen LogP contribution is 2.42. The van der Waals surface area contributed by atoms with Gasteiger partial charge in [-0.1, -0.05) is 29.8 Å². The number of carbonyl (C=O) groups excluding carboxylic acids is 2. The maximum absolute atomic E-state index is 13.3. The zero-order chi connectivity index (χ0) is 19.7. The lowest BCUT2D eigenvalue weighted by Gasteiger charge is -2.39. The summed E-state index contributed by atoms with van der Waals surface area (Å²) in [5.74, 6) is 0.0629. The Balaban J connectivity index is 1.73. The number of hydrogen-bond acceptors (Lipinski definition) is 6. The van der Waals surface area contributed by atoms with Crippen molar-refractivity contribution in [1.82, 2.24) is 15.2 Å². The summed E-state index contributed by atoms with van der Waals surface area (Å²) < 4.78 is 10.8. The molecule has 0 N–H and O–H groups in total. The average Bonchev–Trinajstić information content (AvgIpc) is 3.24. The van der Waals surface area contributed by atoms with Crippen molar-refractivity contribution in [1.29, 1.82) is 5.26 Å². The quantitative estimate of drug-likeness (QED) is 0.808. The van der Waals surface area contributed by atoms with Crippen molar-refractivity contribution in [2.45, 2.75) is 51.3 Å². The minimum atomic E-state index is -1.01. The molecule has 1 aliphatic heterocycles. The Morgan fingerprint density at radius 3 is 2.71 bits per heavy atom. The van der Waals surface area contributed by atoms with Crippen molar-refractivity contribution in [2.24, 2.45) is 0 Å². The van der Waals surface area contributed by atoms with Gasteiger partial charge in [0.25, 0.3) is 5.91 Å². The standard InChI is InChI=1S/C20H20N4O4/c1-14-11-17(22-28-14)18(25)24-20(9-5-2-6-10-20)27-19(26)23(24)13-16-8-4-3-7-15(16)12-21/h3-4,7-8,11H,2,5-6,9-10,13H2,1H3. The molecule has 1 aliphatic carbocycles. The van der Waals surface area contributed by atoms with Gasteiger partial charge in [-0.3, -0.25) is 4.79 Å². The Morgan fingerprint density at radius 2 is 2.04 bits per heavy atom. The van der Waals surface area contributed by atoms with E-state index in [2.05, 4.69) is 11.2 Å². The first-order chi connectivity index (χ1) is 13.5. The van der Waals surface area contributed by atoms with Crippen LogP contribution in [-0.2, 0) is 11.3 Å². The van der Waals surface area contributed by atoms with Crippen LogP contribution in [0.1, 0.15) is 59.5 Å². The molecule has 2 fully saturated rings. The number of nitriles is 1. The number of hydrazine groups is 1. The zero-order valence-electron chi connectivity index (χ0n) is 15.6. The molecule has 2 heterocycles. The third kappa shape index (κ3) is 2.99. The van der Waals surface area contributed by atoms with E-state index >= 15 is 0 Å². The zero-order valence-corrected chi connectivity index (χ0v) is 15.6. The van der Waals surface area contributed by atoms with Gasteiger partial charge < -0.3 is 9.26 Å². The van der Waals surface area contributed by atoms with Gasteiger partial charge in [-0.2, -0.15) is 10.3 Å². The molecule has 1 saturated heterocycles. The van der Waals surface area contributed by atoms with Gasteiger partial charge in [0.2, 0.25) is 5.72 Å². The van der Waals surface area contributed by atoms with Crippen molar-refractivity contribution in [2.75, 3.05) is 0 Å². The van der Waals surface area contributed by atoms with E-state index < -0.39 is 17.7 Å². The van der Waals surface area contributed by atoms with Crippen LogP contribution in [0, 0.1) is 18.3 Å². The Hall–Kier alpha value is -3.34. The first-order valence-corrected chi connectivity index (χ1v) is 9.30. The SMILES string of the molecule is Cc1cc(C(=O)N2N(Cc3ccccc3C#N)C(=O)OC23CCCCC3)no1. The van der Waals surface area contributed by atoms with Gasteiger partial charge in [0.05, 0.1) is 18.2 Å². The monoisotopic (exact) mass is 380 g/mol. The van der Waals surface area contributed by atoms with Gasteiger partial charge in [0.1, 0.15) is 5.76 Å². The normalized spacial score (nSPS) is 18.2. The van der Waals surface area contributed by atoms with E-state index in [0.717, 1.165) is 19.3 Å². The van der Waals surface area contributed by atoms with E-state index in [-0.39, 0.29) is 12.2 Å². The second-order valence-corrected chi connectivity index (χ2v) is 7.14. The number of ether oxygens (including phenoxy) is 1. The molecule has 8 nitrogen and oxygen atoms in total. The molecule has 8 heteroatoms. The molecule has 2 amide bonds. The van der Waals surface area contributed by atoms with Crippen molar-refractivity contribution in [3.8, 4) is 6.07 Å². The molecule has 0 bridgehead atoms. The molecular formula is C20H20N4O4. The van der Waals surface area contributed by atoms with Gasteiger partial charge in [-0.25, -0.2) is 9.80 Å². The fourth-order valence-corrected chi connectivity index (χ4v) is 3.91. The smallest absolute Gasteiger partial charge is 0.419 e. The number of aryl methyl sites for hydroxylation is 1. The molecular weight excluding hydrogens is 360 g/mol. The largest absolute Gasteiger partial charge is 0.431 e. The molecule has 1 spiro atoms. The predicted molar refractivity (Wildman–Crippen MR) is 96.4 cm³/mol. The number of nitrogens with zero attached hydrogens (tertiary/aromatic N) is 4. The lowest BCUT2D eigenvalue weighted by atomic mass is 9.91. The first-order valence-electron chi connectivity index (χ1n) is 9.30. The van der Waals surface area contributed by atoms with Crippen LogP contribution in [0.4, 0.5) is 4.79 Å². The van der Waals surface area contributed by atoms with Gasteiger partial charge >= 0.3 is 6.09 Å². The molecule has 144 valence electrons. The van der Waals surface area contributed by atoms with Crippen molar-refractivity contribution in [3.63, 3.8) is 0 Å². The maximum Gasteiger partial charge on any atom is 0.431 e. The molecule has 1 saturated carbocycles. The first kappa shape index (κ1) is 18.0. The average molecular weight is 380 g/mol. The van der Waals surface area contributed by atoms with Crippen LogP contribution in [0.3, 0.4) is 0 Å². The van der Waals surface area contributed by atoms with Gasteiger partial charge in [-0.05, 0) is 31.4 Å². The summed E-state index contributed by atoms with van der Waals surface area (Å²) in [6.07, 6.45) is 3.29. The highest BCUT2D eigenvalue weighted by atomic mass is 16.6. The van der Waals surface area contributed by atoms with E-state index in [1.165, 1.54) is 10.0 Å². The van der Waals surface area contributed by atoms with Gasteiger partial charge in [0.15, 0.2) is 5.69 Å². The summed E-state index contributed by atoms with van der Waals surface area (Å²) in [5, 5.41) is 15.9. The van der Waals surface area contributed by atoms with Crippen molar-refractivity contribution in [3.05, 3.63) is 52.9 Å². The minimum Gasteiger partial charge on any atom is -0.419 e. The van der Waals surface area contributed by atoms with Crippen LogP contribution < -0.4 is 0 Å². The molecule has 0 atom stereocenters. The molecule has 4 rings (SSSR count). The van der Waals surface area contributed by atoms with Gasteiger partial charge in [-0.15, -0.1) is 0 Å². The summed E-state index contributed by atoms with van der Waals surface area (Å²) in [5.41, 5.74) is 0.203. The molecule has 1 aromatic heterocycles. The van der Waals surface area contributed by atoms with Crippen molar-refractivity contribution < 1.29 is 18.8 Å².